The summed E-state index contributed by atoms with van der Waals surface area (Å²) in [4.78, 5) is 12.5. The molecule has 0 unspecified atom stereocenters. The van der Waals surface area contributed by atoms with Crippen molar-refractivity contribution in [3.63, 3.8) is 0 Å². The molecular weight excluding hydrogens is 383 g/mol. The maximum Gasteiger partial charge on any atom is 0.247 e. The van der Waals surface area contributed by atoms with Crippen molar-refractivity contribution in [2.45, 2.75) is 13.0 Å². The highest BCUT2D eigenvalue weighted by Gasteiger charge is 2.29. The summed E-state index contributed by atoms with van der Waals surface area (Å²) in [7, 11) is -2.35. The van der Waals surface area contributed by atoms with Gasteiger partial charge in [-0.15, -0.1) is 0 Å². The van der Waals surface area contributed by atoms with Gasteiger partial charge in [0, 0.05) is 5.69 Å². The number of nitrogens with zero attached hydrogens (tertiary/aromatic N) is 1. The second-order valence-corrected chi connectivity index (χ2v) is 7.82. The Morgan fingerprint density at radius 1 is 1.23 bits per heavy atom. The lowest BCUT2D eigenvalue weighted by Crippen LogP contribution is -2.45. The molecule has 9 heteroatoms. The van der Waals surface area contributed by atoms with Crippen LogP contribution in [-0.4, -0.2) is 33.7 Å². The van der Waals surface area contributed by atoms with E-state index >= 15 is 0 Å². The van der Waals surface area contributed by atoms with Gasteiger partial charge in [0.15, 0.2) is 0 Å². The van der Waals surface area contributed by atoms with Crippen molar-refractivity contribution in [3.05, 3.63) is 53.3 Å². The van der Waals surface area contributed by atoms with Crippen molar-refractivity contribution in [2.75, 3.05) is 23.0 Å². The van der Waals surface area contributed by atoms with Crippen molar-refractivity contribution < 1.29 is 22.3 Å². The molecule has 26 heavy (non-hydrogen) atoms. The molecule has 1 N–H and O–H groups in total. The number of ether oxygens (including phenoxy) is 1. The van der Waals surface area contributed by atoms with Crippen LogP contribution in [0.15, 0.2) is 42.5 Å². The molecule has 0 saturated carbocycles. The Kier molecular flexibility index (Phi) is 6.09. The molecule has 2 rings (SSSR count). The van der Waals surface area contributed by atoms with Gasteiger partial charge in [0.05, 0.1) is 24.1 Å². The molecule has 0 aliphatic carbocycles. The van der Waals surface area contributed by atoms with Crippen LogP contribution in [0.1, 0.15) is 6.92 Å². The van der Waals surface area contributed by atoms with E-state index in [1.165, 1.54) is 56.5 Å². The third-order valence-electron chi connectivity index (χ3n) is 3.59. The summed E-state index contributed by atoms with van der Waals surface area (Å²) in [6.45, 7) is 1.44. The Labute approximate surface area is 156 Å². The molecule has 0 fully saturated rings. The minimum atomic E-state index is -3.78. The highest BCUT2D eigenvalue weighted by molar-refractivity contribution is 7.92. The zero-order valence-corrected chi connectivity index (χ0v) is 15.9. The van der Waals surface area contributed by atoms with Gasteiger partial charge in [0.25, 0.3) is 0 Å². The summed E-state index contributed by atoms with van der Waals surface area (Å²) in [5, 5.41) is 2.77. The molecule has 1 amide bonds. The molecule has 0 aliphatic heterocycles. The molecule has 0 spiro atoms. The number of anilines is 2. The first-order valence-electron chi connectivity index (χ1n) is 7.53. The summed E-state index contributed by atoms with van der Waals surface area (Å²) < 4.78 is 43.5. The number of amides is 1. The van der Waals surface area contributed by atoms with Gasteiger partial charge in [-0.25, -0.2) is 12.8 Å². The monoisotopic (exact) mass is 400 g/mol. The van der Waals surface area contributed by atoms with E-state index in [1.54, 1.807) is 0 Å². The molecule has 2 aromatic rings. The SMILES string of the molecule is COc1ccc(N([C@H](C)C(=O)Nc2ccc(F)cc2)S(C)(=O)=O)cc1Cl. The van der Waals surface area contributed by atoms with Gasteiger partial charge < -0.3 is 10.1 Å². The van der Waals surface area contributed by atoms with Crippen LogP contribution < -0.4 is 14.4 Å². The zero-order valence-electron chi connectivity index (χ0n) is 14.4. The van der Waals surface area contributed by atoms with E-state index in [2.05, 4.69) is 5.32 Å². The Morgan fingerprint density at radius 3 is 2.35 bits per heavy atom. The third-order valence-corrected chi connectivity index (χ3v) is 5.13. The molecule has 0 aromatic heterocycles. The second-order valence-electron chi connectivity index (χ2n) is 5.55. The average molecular weight is 401 g/mol. The lowest BCUT2D eigenvalue weighted by molar-refractivity contribution is -0.116. The molecule has 6 nitrogen and oxygen atoms in total. The van der Waals surface area contributed by atoms with Gasteiger partial charge in [0.1, 0.15) is 17.6 Å². The lowest BCUT2D eigenvalue weighted by Gasteiger charge is -2.28. The van der Waals surface area contributed by atoms with E-state index in [4.69, 9.17) is 16.3 Å². The van der Waals surface area contributed by atoms with E-state index in [0.717, 1.165) is 10.6 Å². The minimum Gasteiger partial charge on any atom is -0.495 e. The second kappa shape index (κ2) is 7.92. The molecule has 140 valence electrons. The third kappa shape index (κ3) is 4.64. The maximum atomic E-state index is 13.0. The lowest BCUT2D eigenvalue weighted by atomic mass is 10.2. The number of methoxy groups -OCH3 is 1. The summed E-state index contributed by atoms with van der Waals surface area (Å²) >= 11 is 6.07. The zero-order chi connectivity index (χ0) is 19.5. The quantitative estimate of drug-likeness (QED) is 0.807. The molecule has 0 radical (unpaired) electrons. The molecule has 0 bridgehead atoms. The number of sulfonamides is 1. The van der Waals surface area contributed by atoms with E-state index < -0.39 is 27.8 Å². The fraction of sp³-hybridized carbons (Fsp3) is 0.235. The van der Waals surface area contributed by atoms with E-state index in [0.29, 0.717) is 11.4 Å². The van der Waals surface area contributed by atoms with Gasteiger partial charge in [-0.1, -0.05) is 11.6 Å². The van der Waals surface area contributed by atoms with Crippen LogP contribution in [0.2, 0.25) is 5.02 Å². The Bertz CT molecular complexity index is 903. The maximum absolute atomic E-state index is 13.0. The topological polar surface area (TPSA) is 75.7 Å². The normalized spacial score (nSPS) is 12.3. The smallest absolute Gasteiger partial charge is 0.247 e. The summed E-state index contributed by atoms with van der Waals surface area (Å²) in [6.07, 6.45) is 0.993. The Hall–Kier alpha value is -2.32. The van der Waals surface area contributed by atoms with Gasteiger partial charge in [0.2, 0.25) is 15.9 Å². The number of halogens is 2. The van der Waals surface area contributed by atoms with E-state index in [9.17, 15) is 17.6 Å². The number of hydrogen-bond acceptors (Lipinski definition) is 4. The standard InChI is InChI=1S/C17H18ClFN2O4S/c1-11(17(22)20-13-6-4-12(19)5-7-13)21(26(3,23)24)14-8-9-16(25-2)15(18)10-14/h4-11H,1-3H3,(H,20,22)/t11-/m1/s1. The number of carbonyl (C=O) groups is 1. The van der Waals surface area contributed by atoms with Crippen molar-refractivity contribution in [1.82, 2.24) is 0 Å². The summed E-state index contributed by atoms with van der Waals surface area (Å²) in [5.41, 5.74) is 0.574. The first-order valence-corrected chi connectivity index (χ1v) is 9.75. The van der Waals surface area contributed by atoms with Crippen LogP contribution in [0, 0.1) is 5.82 Å². The highest BCUT2D eigenvalue weighted by atomic mass is 35.5. The predicted octanol–water partition coefficient (Wildman–Crippen LogP) is 3.28. The fourth-order valence-corrected chi connectivity index (χ4v) is 3.80. The van der Waals surface area contributed by atoms with Crippen LogP contribution in [0.3, 0.4) is 0 Å². The largest absolute Gasteiger partial charge is 0.495 e. The van der Waals surface area contributed by atoms with Gasteiger partial charge in [-0.2, -0.15) is 0 Å². The van der Waals surface area contributed by atoms with Crippen LogP contribution >= 0.6 is 11.6 Å². The van der Waals surface area contributed by atoms with Gasteiger partial charge in [-0.3, -0.25) is 9.10 Å². The fourth-order valence-electron chi connectivity index (χ4n) is 2.38. The number of benzene rings is 2. The van der Waals surface area contributed by atoms with Crippen LogP contribution in [-0.2, 0) is 14.8 Å². The van der Waals surface area contributed by atoms with Gasteiger partial charge >= 0.3 is 0 Å². The van der Waals surface area contributed by atoms with Crippen molar-refractivity contribution >= 4 is 38.9 Å². The summed E-state index contributed by atoms with van der Waals surface area (Å²) in [6, 6.07) is 8.50. The molecule has 2 aromatic carbocycles. The average Bonchev–Trinajstić information content (AvgIpc) is 2.56. The highest BCUT2D eigenvalue weighted by Crippen LogP contribution is 2.31. The first-order chi connectivity index (χ1) is 12.1. The first kappa shape index (κ1) is 20.0. The minimum absolute atomic E-state index is 0.213. The van der Waals surface area contributed by atoms with Crippen molar-refractivity contribution in [1.29, 1.82) is 0 Å². The molecule has 0 aliphatic rings. The number of nitrogens with one attached hydrogen (secondary N) is 1. The molecular formula is C17H18ClFN2O4S. The van der Waals surface area contributed by atoms with Crippen LogP contribution in [0.25, 0.3) is 0 Å². The van der Waals surface area contributed by atoms with E-state index in [-0.39, 0.29) is 10.7 Å². The molecule has 1 atom stereocenters. The molecule has 0 saturated heterocycles. The van der Waals surface area contributed by atoms with Gasteiger partial charge in [-0.05, 0) is 49.4 Å². The van der Waals surface area contributed by atoms with Crippen LogP contribution in [0.4, 0.5) is 15.8 Å². The Morgan fingerprint density at radius 2 is 1.85 bits per heavy atom. The number of carbonyl (C=O) groups excluding carboxylic acids is 1. The van der Waals surface area contributed by atoms with Crippen LogP contribution in [0.5, 0.6) is 5.75 Å². The number of hydrogen-bond donors (Lipinski definition) is 1. The number of rotatable bonds is 6. The summed E-state index contributed by atoms with van der Waals surface area (Å²) in [5.74, 6) is -0.636. The predicted molar refractivity (Wildman–Crippen MR) is 99.8 cm³/mol. The Balaban J connectivity index is 2.32. The van der Waals surface area contributed by atoms with Crippen molar-refractivity contribution in [3.8, 4) is 5.75 Å². The molecule has 0 heterocycles. The van der Waals surface area contributed by atoms with Crippen molar-refractivity contribution in [2.24, 2.45) is 0 Å². The van der Waals surface area contributed by atoms with E-state index in [1.807, 2.05) is 0 Å².